The summed E-state index contributed by atoms with van der Waals surface area (Å²) in [5.74, 6) is 0.808. The van der Waals surface area contributed by atoms with Gasteiger partial charge in [0.25, 0.3) is 0 Å². The summed E-state index contributed by atoms with van der Waals surface area (Å²) < 4.78 is 2.59. The lowest BCUT2D eigenvalue weighted by Crippen LogP contribution is -2.01. The molecule has 0 aliphatic rings. The highest BCUT2D eigenvalue weighted by Gasteiger charge is 2.11. The Bertz CT molecular complexity index is 766. The lowest BCUT2D eigenvalue weighted by atomic mass is 10.1. The molecule has 0 saturated carbocycles. The van der Waals surface area contributed by atoms with Gasteiger partial charge in [-0.15, -0.1) is 16.4 Å². The largest absolute Gasteiger partial charge is 0.214 e. The van der Waals surface area contributed by atoms with Gasteiger partial charge >= 0.3 is 0 Å². The third-order valence-electron chi connectivity index (χ3n) is 2.99. The maximum atomic E-state index is 5.95. The minimum atomic E-state index is 0.784. The number of benzene rings is 1. The van der Waals surface area contributed by atoms with Crippen molar-refractivity contribution in [1.82, 2.24) is 20.2 Å². The molecule has 3 aromatic rings. The van der Waals surface area contributed by atoms with Crippen molar-refractivity contribution in [2.45, 2.75) is 24.8 Å². The summed E-state index contributed by atoms with van der Waals surface area (Å²) in [5, 5.41) is 12.8. The quantitative estimate of drug-likeness (QED) is 0.667. The molecule has 0 aliphatic heterocycles. The maximum absolute atomic E-state index is 5.95. The fourth-order valence-electron chi connectivity index (χ4n) is 2.03. The van der Waals surface area contributed by atoms with Crippen LogP contribution in [0.1, 0.15) is 16.0 Å². The van der Waals surface area contributed by atoms with E-state index in [1.54, 1.807) is 27.8 Å². The second-order valence-electron chi connectivity index (χ2n) is 4.66. The van der Waals surface area contributed by atoms with Gasteiger partial charge in [0.2, 0.25) is 5.16 Å². The van der Waals surface area contributed by atoms with Crippen molar-refractivity contribution in [3.8, 4) is 5.69 Å². The zero-order valence-electron chi connectivity index (χ0n) is 11.6. The van der Waals surface area contributed by atoms with Gasteiger partial charge in [0, 0.05) is 10.6 Å². The highest BCUT2D eigenvalue weighted by atomic mass is 35.5. The van der Waals surface area contributed by atoms with E-state index in [0.717, 1.165) is 26.5 Å². The predicted octanol–water partition coefficient (Wildman–Crippen LogP) is 4.29. The van der Waals surface area contributed by atoms with Gasteiger partial charge in [-0.3, -0.25) is 0 Å². The van der Waals surface area contributed by atoms with Gasteiger partial charge in [-0.1, -0.05) is 41.1 Å². The molecule has 4 nitrogen and oxygen atoms in total. The van der Waals surface area contributed by atoms with Crippen LogP contribution >= 0.6 is 34.7 Å². The summed E-state index contributed by atoms with van der Waals surface area (Å²) in [6.07, 6.45) is 0. The lowest BCUT2D eigenvalue weighted by Gasteiger charge is -2.07. The first-order valence-electron chi connectivity index (χ1n) is 6.36. The van der Waals surface area contributed by atoms with Crippen molar-refractivity contribution in [1.29, 1.82) is 0 Å². The van der Waals surface area contributed by atoms with E-state index < -0.39 is 0 Å². The van der Waals surface area contributed by atoms with Gasteiger partial charge in [-0.2, -0.15) is 4.68 Å². The van der Waals surface area contributed by atoms with Gasteiger partial charge < -0.3 is 0 Å². The molecule has 0 amide bonds. The number of aromatic nitrogens is 4. The van der Waals surface area contributed by atoms with E-state index in [1.807, 2.05) is 18.2 Å². The highest BCUT2D eigenvalue weighted by Crippen LogP contribution is 2.29. The van der Waals surface area contributed by atoms with E-state index >= 15 is 0 Å². The number of aryl methyl sites for hydroxylation is 2. The first kappa shape index (κ1) is 14.6. The minimum absolute atomic E-state index is 0.784. The first-order valence-corrected chi connectivity index (χ1v) is 8.54. The normalized spacial score (nSPS) is 11.0. The summed E-state index contributed by atoms with van der Waals surface area (Å²) in [4.78, 5) is 1.21. The Morgan fingerprint density at radius 3 is 2.81 bits per heavy atom. The Hall–Kier alpha value is -1.37. The van der Waals surface area contributed by atoms with E-state index in [-0.39, 0.29) is 0 Å². The predicted molar refractivity (Wildman–Crippen MR) is 87.5 cm³/mol. The van der Waals surface area contributed by atoms with Crippen LogP contribution in [0.15, 0.2) is 35.5 Å². The molecule has 0 fully saturated rings. The number of halogens is 1. The zero-order valence-corrected chi connectivity index (χ0v) is 14.0. The molecule has 0 N–H and O–H groups in total. The molecular weight excluding hydrogens is 324 g/mol. The first-order chi connectivity index (χ1) is 10.1. The van der Waals surface area contributed by atoms with E-state index in [2.05, 4.69) is 41.5 Å². The topological polar surface area (TPSA) is 43.6 Å². The summed E-state index contributed by atoms with van der Waals surface area (Å²) in [5.41, 5.74) is 3.40. The van der Waals surface area contributed by atoms with Crippen LogP contribution in [0.4, 0.5) is 0 Å². The zero-order chi connectivity index (χ0) is 14.8. The Morgan fingerprint density at radius 2 is 2.10 bits per heavy atom. The summed E-state index contributed by atoms with van der Waals surface area (Å²) in [6.45, 7) is 4.14. The number of nitrogens with zero attached hydrogens (tertiary/aromatic N) is 4. The lowest BCUT2D eigenvalue weighted by molar-refractivity contribution is 0.751. The van der Waals surface area contributed by atoms with Crippen LogP contribution in [0.5, 0.6) is 0 Å². The fourth-order valence-corrected chi connectivity index (χ4v) is 4.04. The third kappa shape index (κ3) is 3.28. The molecular formula is C14H13ClN4S2. The average Bonchev–Trinajstić information content (AvgIpc) is 3.05. The molecule has 0 atom stereocenters. The van der Waals surface area contributed by atoms with Crippen LogP contribution in [-0.2, 0) is 5.75 Å². The van der Waals surface area contributed by atoms with Crippen molar-refractivity contribution in [2.75, 3.05) is 0 Å². The van der Waals surface area contributed by atoms with Crippen molar-refractivity contribution in [3.05, 3.63) is 50.7 Å². The van der Waals surface area contributed by atoms with Crippen molar-refractivity contribution in [3.63, 3.8) is 0 Å². The number of hydrogen-bond acceptors (Lipinski definition) is 5. The van der Waals surface area contributed by atoms with E-state index in [0.29, 0.717) is 0 Å². The molecule has 7 heteroatoms. The van der Waals surface area contributed by atoms with Crippen molar-refractivity contribution >= 4 is 34.7 Å². The second kappa shape index (κ2) is 6.17. The molecule has 1 aromatic carbocycles. The molecule has 2 aromatic heterocycles. The molecule has 0 unspecified atom stereocenters. The van der Waals surface area contributed by atoms with Crippen LogP contribution in [-0.4, -0.2) is 20.2 Å². The molecule has 0 aliphatic carbocycles. The van der Waals surface area contributed by atoms with E-state index in [1.165, 1.54) is 10.4 Å². The Kier molecular flexibility index (Phi) is 4.28. The Morgan fingerprint density at radius 1 is 1.24 bits per heavy atom. The molecule has 0 bridgehead atoms. The smallest absolute Gasteiger partial charge is 0.187 e. The number of rotatable bonds is 4. The molecule has 0 saturated heterocycles. The fraction of sp³-hybridized carbons (Fsp3) is 0.214. The third-order valence-corrected chi connectivity index (χ3v) is 5.38. The minimum Gasteiger partial charge on any atom is -0.187 e. The van der Waals surface area contributed by atoms with Gasteiger partial charge in [-0.05, 0) is 48.0 Å². The highest BCUT2D eigenvalue weighted by molar-refractivity contribution is 7.98. The summed E-state index contributed by atoms with van der Waals surface area (Å²) in [7, 11) is 0. The van der Waals surface area contributed by atoms with Crippen LogP contribution < -0.4 is 0 Å². The van der Waals surface area contributed by atoms with Crippen LogP contribution in [0.25, 0.3) is 5.69 Å². The molecule has 2 heterocycles. The molecule has 0 spiro atoms. The number of thioether (sulfide) groups is 1. The summed E-state index contributed by atoms with van der Waals surface area (Å²) >= 11 is 9.14. The van der Waals surface area contributed by atoms with Crippen molar-refractivity contribution in [2.24, 2.45) is 0 Å². The van der Waals surface area contributed by atoms with Crippen LogP contribution in [0.3, 0.4) is 0 Å². The van der Waals surface area contributed by atoms with E-state index in [4.69, 9.17) is 11.6 Å². The SMILES string of the molecule is Cc1ccc(-n2nnnc2SCc2ccc(Cl)s2)c(C)c1. The van der Waals surface area contributed by atoms with Gasteiger partial charge in [0.1, 0.15) is 0 Å². The number of tetrazole rings is 1. The standard InChI is InChI=1S/C14H13ClN4S2/c1-9-3-5-12(10(2)7-9)19-14(16-17-18-19)20-8-11-4-6-13(15)21-11/h3-7H,8H2,1-2H3. The number of thiophene rings is 1. The Labute approximate surface area is 136 Å². The maximum Gasteiger partial charge on any atom is 0.214 e. The Balaban J connectivity index is 1.83. The molecule has 0 radical (unpaired) electrons. The van der Waals surface area contributed by atoms with Gasteiger partial charge in [0.15, 0.2) is 0 Å². The second-order valence-corrected chi connectivity index (χ2v) is 7.40. The molecule has 21 heavy (non-hydrogen) atoms. The summed E-state index contributed by atoms with van der Waals surface area (Å²) in [6, 6.07) is 10.2. The van der Waals surface area contributed by atoms with Crippen LogP contribution in [0.2, 0.25) is 4.34 Å². The van der Waals surface area contributed by atoms with Crippen LogP contribution in [0, 0.1) is 13.8 Å². The van der Waals surface area contributed by atoms with Gasteiger partial charge in [0.05, 0.1) is 10.0 Å². The molecule has 3 rings (SSSR count). The molecule has 108 valence electrons. The van der Waals surface area contributed by atoms with Crippen molar-refractivity contribution < 1.29 is 0 Å². The number of hydrogen-bond donors (Lipinski definition) is 0. The average molecular weight is 337 g/mol. The van der Waals surface area contributed by atoms with Gasteiger partial charge in [-0.25, -0.2) is 0 Å². The van der Waals surface area contributed by atoms with E-state index in [9.17, 15) is 0 Å². The monoisotopic (exact) mass is 336 g/mol.